The van der Waals surface area contributed by atoms with E-state index in [0.717, 1.165) is 5.56 Å². The Hall–Kier alpha value is -3.42. The molecule has 1 amide bonds. The maximum Gasteiger partial charge on any atom is 0.270 e. The number of hydrogen-bond acceptors (Lipinski definition) is 6. The van der Waals surface area contributed by atoms with Gasteiger partial charge in [-0.15, -0.1) is 5.10 Å². The van der Waals surface area contributed by atoms with Crippen LogP contribution in [0.3, 0.4) is 0 Å². The van der Waals surface area contributed by atoms with Crippen LogP contribution in [0.5, 0.6) is 5.75 Å². The number of rotatable bonds is 5. The number of amides is 1. The van der Waals surface area contributed by atoms with Gasteiger partial charge in [0.2, 0.25) is 18.0 Å². The maximum atomic E-state index is 11.8. The molecule has 0 saturated heterocycles. The molecule has 0 aliphatic carbocycles. The van der Waals surface area contributed by atoms with E-state index in [0.29, 0.717) is 11.3 Å². The van der Waals surface area contributed by atoms with Gasteiger partial charge in [-0.1, -0.05) is 23.8 Å². The number of aryl methyl sites for hydroxylation is 1. The first-order chi connectivity index (χ1) is 12.4. The van der Waals surface area contributed by atoms with Crippen LogP contribution in [0.4, 0.5) is 5.69 Å². The number of carbonyl (C=O) groups excluding carboxylic acids is 1. The lowest BCUT2D eigenvalue weighted by molar-refractivity contribution is -0.384. The molecule has 0 bridgehead atoms. The summed E-state index contributed by atoms with van der Waals surface area (Å²) in [7, 11) is 0. The number of benzene rings is 2. The topological polar surface area (TPSA) is 94.3 Å². The molecule has 0 fully saturated rings. The Morgan fingerprint density at radius 1 is 1.31 bits per heavy atom. The predicted octanol–water partition coefficient (Wildman–Crippen LogP) is 2.85. The Kier molecular flexibility index (Phi) is 4.83. The van der Waals surface area contributed by atoms with Crippen LogP contribution in [0, 0.1) is 17.0 Å². The number of carbonyl (C=O) groups is 1. The van der Waals surface area contributed by atoms with Crippen LogP contribution in [0.2, 0.25) is 0 Å². The number of nitro groups is 1. The number of hydrogen-bond donors (Lipinski definition) is 0. The van der Waals surface area contributed by atoms with Gasteiger partial charge in [0.05, 0.1) is 4.92 Å². The quantitative estimate of drug-likeness (QED) is 0.607. The lowest BCUT2D eigenvalue weighted by atomic mass is 10.2. The third-order valence-corrected chi connectivity index (χ3v) is 3.76. The highest BCUT2D eigenvalue weighted by molar-refractivity contribution is 5.96. The highest BCUT2D eigenvalue weighted by Crippen LogP contribution is 2.22. The van der Waals surface area contributed by atoms with Crippen molar-refractivity contribution >= 4 is 17.5 Å². The molecule has 3 rings (SSSR count). The van der Waals surface area contributed by atoms with Crippen molar-refractivity contribution in [3.8, 4) is 5.75 Å². The van der Waals surface area contributed by atoms with Gasteiger partial charge in [-0.3, -0.25) is 14.9 Å². The highest BCUT2D eigenvalue weighted by Gasteiger charge is 2.32. The molecular weight excluding hydrogens is 338 g/mol. The number of nitro benzene ring substituents is 1. The molecule has 1 heterocycles. The van der Waals surface area contributed by atoms with Gasteiger partial charge in [0, 0.05) is 24.6 Å². The Bertz CT molecular complexity index is 863. The minimum atomic E-state index is -0.747. The summed E-state index contributed by atoms with van der Waals surface area (Å²) in [5, 5.41) is 16.2. The largest absolute Gasteiger partial charge is 0.488 e. The summed E-state index contributed by atoms with van der Waals surface area (Å²) in [5.74, 6) is 0.468. The summed E-state index contributed by atoms with van der Waals surface area (Å²) in [6, 6.07) is 13.4. The first kappa shape index (κ1) is 17.4. The van der Waals surface area contributed by atoms with Gasteiger partial charge in [0.1, 0.15) is 12.4 Å². The molecule has 0 aromatic heterocycles. The Labute approximate surface area is 149 Å². The molecule has 8 heteroatoms. The molecule has 0 unspecified atom stereocenters. The normalized spacial score (nSPS) is 16.0. The summed E-state index contributed by atoms with van der Waals surface area (Å²) in [5.41, 5.74) is 1.45. The summed E-state index contributed by atoms with van der Waals surface area (Å²) in [6.07, 6.45) is -0.747. The lowest BCUT2D eigenvalue weighted by Crippen LogP contribution is -2.36. The van der Waals surface area contributed by atoms with Crippen molar-refractivity contribution in [3.05, 3.63) is 69.8 Å². The standard InChI is InChI=1S/C18H17N3O5/c1-12-6-8-16(9-7-12)25-11-17-20(13(2)22)19-18(26-17)14-4-3-5-15(10-14)21(23)24/h3-10,17H,11H2,1-2H3/t17-/m0/s1. The molecule has 0 spiro atoms. The number of nitrogens with zero attached hydrogens (tertiary/aromatic N) is 3. The van der Waals surface area contributed by atoms with Gasteiger partial charge >= 0.3 is 0 Å². The third-order valence-electron chi connectivity index (χ3n) is 3.76. The minimum Gasteiger partial charge on any atom is -0.488 e. The van der Waals surface area contributed by atoms with Crippen molar-refractivity contribution in [2.45, 2.75) is 20.1 Å². The van der Waals surface area contributed by atoms with Gasteiger partial charge in [0.15, 0.2) is 0 Å². The van der Waals surface area contributed by atoms with Crippen molar-refractivity contribution < 1.29 is 19.2 Å². The molecule has 1 aliphatic heterocycles. The smallest absolute Gasteiger partial charge is 0.270 e. The molecular formula is C18H17N3O5. The van der Waals surface area contributed by atoms with Gasteiger partial charge in [0.25, 0.3) is 5.69 Å². The fourth-order valence-corrected chi connectivity index (χ4v) is 2.42. The van der Waals surface area contributed by atoms with E-state index in [1.54, 1.807) is 6.07 Å². The zero-order chi connectivity index (χ0) is 18.7. The average Bonchev–Trinajstić information content (AvgIpc) is 3.06. The Morgan fingerprint density at radius 3 is 2.69 bits per heavy atom. The second-order valence-electron chi connectivity index (χ2n) is 5.77. The molecule has 0 saturated carbocycles. The monoisotopic (exact) mass is 355 g/mol. The van der Waals surface area contributed by atoms with Crippen molar-refractivity contribution in [2.75, 3.05) is 6.61 Å². The third kappa shape index (κ3) is 3.80. The zero-order valence-electron chi connectivity index (χ0n) is 14.3. The van der Waals surface area contributed by atoms with E-state index in [1.165, 1.54) is 30.1 Å². The van der Waals surface area contributed by atoms with Crippen LogP contribution in [0.1, 0.15) is 18.1 Å². The first-order valence-corrected chi connectivity index (χ1v) is 7.93. The van der Waals surface area contributed by atoms with E-state index in [4.69, 9.17) is 9.47 Å². The van der Waals surface area contributed by atoms with Crippen molar-refractivity contribution in [3.63, 3.8) is 0 Å². The number of hydrazone groups is 1. The fraction of sp³-hybridized carbons (Fsp3) is 0.222. The summed E-state index contributed by atoms with van der Waals surface area (Å²) >= 11 is 0. The molecule has 1 atom stereocenters. The van der Waals surface area contributed by atoms with Crippen molar-refractivity contribution in [1.82, 2.24) is 5.01 Å². The minimum absolute atomic E-state index is 0.0740. The van der Waals surface area contributed by atoms with E-state index < -0.39 is 11.2 Å². The molecule has 2 aromatic rings. The van der Waals surface area contributed by atoms with Gasteiger partial charge < -0.3 is 9.47 Å². The molecule has 0 radical (unpaired) electrons. The van der Waals surface area contributed by atoms with Crippen LogP contribution < -0.4 is 4.74 Å². The molecule has 26 heavy (non-hydrogen) atoms. The first-order valence-electron chi connectivity index (χ1n) is 7.93. The number of ether oxygens (including phenoxy) is 2. The fourth-order valence-electron chi connectivity index (χ4n) is 2.42. The van der Waals surface area contributed by atoms with Gasteiger partial charge in [-0.2, -0.15) is 5.01 Å². The van der Waals surface area contributed by atoms with Crippen molar-refractivity contribution in [2.24, 2.45) is 5.10 Å². The molecule has 2 aromatic carbocycles. The SMILES string of the molecule is CC(=O)N1N=C(c2cccc([N+](=O)[O-])c2)O[C@H]1COc1ccc(C)cc1. The number of non-ortho nitro benzene ring substituents is 1. The molecule has 1 aliphatic rings. The average molecular weight is 355 g/mol. The summed E-state index contributed by atoms with van der Waals surface area (Å²) in [6.45, 7) is 3.41. The van der Waals surface area contributed by atoms with Gasteiger partial charge in [-0.05, 0) is 25.1 Å². The van der Waals surface area contributed by atoms with Crippen LogP contribution >= 0.6 is 0 Å². The predicted molar refractivity (Wildman–Crippen MR) is 93.7 cm³/mol. The van der Waals surface area contributed by atoms with E-state index in [1.807, 2.05) is 31.2 Å². The molecule has 8 nitrogen and oxygen atoms in total. The van der Waals surface area contributed by atoms with E-state index in [9.17, 15) is 14.9 Å². The Balaban J connectivity index is 1.75. The molecule has 134 valence electrons. The van der Waals surface area contributed by atoms with Gasteiger partial charge in [-0.25, -0.2) is 0 Å². The Morgan fingerprint density at radius 2 is 2.04 bits per heavy atom. The summed E-state index contributed by atoms with van der Waals surface area (Å²) < 4.78 is 11.4. The van der Waals surface area contributed by atoms with E-state index in [2.05, 4.69) is 5.10 Å². The summed E-state index contributed by atoms with van der Waals surface area (Å²) in [4.78, 5) is 22.3. The molecule has 0 N–H and O–H groups in total. The van der Waals surface area contributed by atoms with Crippen LogP contribution in [-0.4, -0.2) is 34.6 Å². The lowest BCUT2D eigenvalue weighted by Gasteiger charge is -2.19. The second-order valence-corrected chi connectivity index (χ2v) is 5.77. The zero-order valence-corrected chi connectivity index (χ0v) is 14.3. The van der Waals surface area contributed by atoms with Crippen LogP contribution in [-0.2, 0) is 9.53 Å². The van der Waals surface area contributed by atoms with Crippen LogP contribution in [0.15, 0.2) is 53.6 Å². The van der Waals surface area contributed by atoms with E-state index >= 15 is 0 Å². The van der Waals surface area contributed by atoms with Crippen LogP contribution in [0.25, 0.3) is 0 Å². The maximum absolute atomic E-state index is 11.8. The van der Waals surface area contributed by atoms with E-state index in [-0.39, 0.29) is 24.1 Å². The second kappa shape index (κ2) is 7.22. The highest BCUT2D eigenvalue weighted by atomic mass is 16.6. The van der Waals surface area contributed by atoms with Crippen molar-refractivity contribution in [1.29, 1.82) is 0 Å².